The SMILES string of the molecule is CC1CC(C)CN(CCSc2ccc(F)cc2)C1. The molecule has 1 aliphatic rings. The van der Waals surface area contributed by atoms with Gasteiger partial charge in [-0.3, -0.25) is 0 Å². The van der Waals surface area contributed by atoms with Crippen molar-refractivity contribution in [3.05, 3.63) is 30.1 Å². The van der Waals surface area contributed by atoms with Crippen molar-refractivity contribution >= 4 is 11.8 Å². The first kappa shape index (κ1) is 13.9. The van der Waals surface area contributed by atoms with Crippen LogP contribution in [0.25, 0.3) is 0 Å². The van der Waals surface area contributed by atoms with Crippen LogP contribution < -0.4 is 0 Å². The molecule has 2 atom stereocenters. The molecule has 3 heteroatoms. The Hall–Kier alpha value is -0.540. The molecular formula is C15H22FNS. The number of nitrogens with zero attached hydrogens (tertiary/aromatic N) is 1. The van der Waals surface area contributed by atoms with Crippen LogP contribution in [-0.4, -0.2) is 30.3 Å². The molecule has 0 radical (unpaired) electrons. The highest BCUT2D eigenvalue weighted by atomic mass is 32.2. The molecule has 2 unspecified atom stereocenters. The van der Waals surface area contributed by atoms with Crippen molar-refractivity contribution in [2.75, 3.05) is 25.4 Å². The molecule has 1 aromatic rings. The van der Waals surface area contributed by atoms with Crippen LogP contribution in [0.2, 0.25) is 0 Å². The van der Waals surface area contributed by atoms with Gasteiger partial charge in [-0.2, -0.15) is 0 Å². The van der Waals surface area contributed by atoms with Gasteiger partial charge in [-0.1, -0.05) is 13.8 Å². The Labute approximate surface area is 114 Å². The van der Waals surface area contributed by atoms with Crippen molar-refractivity contribution in [1.29, 1.82) is 0 Å². The van der Waals surface area contributed by atoms with Gasteiger partial charge >= 0.3 is 0 Å². The second kappa shape index (κ2) is 6.58. The van der Waals surface area contributed by atoms with E-state index in [-0.39, 0.29) is 5.82 Å². The lowest BCUT2D eigenvalue weighted by Gasteiger charge is -2.34. The fraction of sp³-hybridized carbons (Fsp3) is 0.600. The molecule has 18 heavy (non-hydrogen) atoms. The lowest BCUT2D eigenvalue weighted by atomic mass is 9.92. The first-order valence-corrected chi connectivity index (χ1v) is 7.73. The smallest absolute Gasteiger partial charge is 0.123 e. The van der Waals surface area contributed by atoms with Gasteiger partial charge < -0.3 is 4.90 Å². The van der Waals surface area contributed by atoms with Crippen molar-refractivity contribution in [3.8, 4) is 0 Å². The monoisotopic (exact) mass is 267 g/mol. The van der Waals surface area contributed by atoms with Crippen LogP contribution in [0.1, 0.15) is 20.3 Å². The summed E-state index contributed by atoms with van der Waals surface area (Å²) < 4.78 is 12.8. The van der Waals surface area contributed by atoms with E-state index in [4.69, 9.17) is 0 Å². The molecule has 0 amide bonds. The minimum Gasteiger partial charge on any atom is -0.302 e. The summed E-state index contributed by atoms with van der Waals surface area (Å²) in [6.45, 7) is 8.28. The number of benzene rings is 1. The molecule has 0 saturated carbocycles. The van der Waals surface area contributed by atoms with Crippen LogP contribution in [0.4, 0.5) is 4.39 Å². The normalized spacial score (nSPS) is 25.3. The lowest BCUT2D eigenvalue weighted by Crippen LogP contribution is -2.39. The number of hydrogen-bond acceptors (Lipinski definition) is 2. The molecule has 1 nitrogen and oxygen atoms in total. The molecule has 0 aromatic heterocycles. The van der Waals surface area contributed by atoms with E-state index in [2.05, 4.69) is 18.7 Å². The van der Waals surface area contributed by atoms with E-state index >= 15 is 0 Å². The van der Waals surface area contributed by atoms with Gasteiger partial charge in [0.2, 0.25) is 0 Å². The molecule has 0 bridgehead atoms. The standard InChI is InChI=1S/C15H22FNS/c1-12-9-13(2)11-17(10-12)7-8-18-15-5-3-14(16)4-6-15/h3-6,12-13H,7-11H2,1-2H3. The highest BCUT2D eigenvalue weighted by Crippen LogP contribution is 2.22. The minimum absolute atomic E-state index is 0.155. The van der Waals surface area contributed by atoms with Gasteiger partial charge in [0.1, 0.15) is 5.82 Å². The largest absolute Gasteiger partial charge is 0.302 e. The third-order valence-electron chi connectivity index (χ3n) is 3.43. The molecule has 0 N–H and O–H groups in total. The van der Waals surface area contributed by atoms with E-state index in [0.29, 0.717) is 0 Å². The van der Waals surface area contributed by atoms with Gasteiger partial charge in [-0.25, -0.2) is 4.39 Å². The summed E-state index contributed by atoms with van der Waals surface area (Å²) in [5, 5.41) is 0. The molecule has 100 valence electrons. The summed E-state index contributed by atoms with van der Waals surface area (Å²) >= 11 is 1.82. The van der Waals surface area contributed by atoms with Crippen LogP contribution in [-0.2, 0) is 0 Å². The molecule has 1 aromatic carbocycles. The molecule has 1 saturated heterocycles. The lowest BCUT2D eigenvalue weighted by molar-refractivity contribution is 0.149. The number of rotatable bonds is 4. The first-order valence-electron chi connectivity index (χ1n) is 6.74. The summed E-state index contributed by atoms with van der Waals surface area (Å²) in [6, 6.07) is 6.80. The highest BCUT2D eigenvalue weighted by molar-refractivity contribution is 7.99. The number of thioether (sulfide) groups is 1. The van der Waals surface area contributed by atoms with Gasteiger partial charge in [-0.05, 0) is 42.5 Å². The predicted octanol–water partition coefficient (Wildman–Crippen LogP) is 3.90. The molecule has 1 aliphatic heterocycles. The first-order chi connectivity index (χ1) is 8.63. The Balaban J connectivity index is 1.73. The minimum atomic E-state index is -0.155. The van der Waals surface area contributed by atoms with Crippen LogP contribution >= 0.6 is 11.8 Å². The maximum atomic E-state index is 12.8. The summed E-state index contributed by atoms with van der Waals surface area (Å²) in [5.74, 6) is 2.58. The maximum Gasteiger partial charge on any atom is 0.123 e. The summed E-state index contributed by atoms with van der Waals surface area (Å²) in [6.07, 6.45) is 1.36. The number of likely N-dealkylation sites (tertiary alicyclic amines) is 1. The Morgan fingerprint density at radius 3 is 2.39 bits per heavy atom. The highest BCUT2D eigenvalue weighted by Gasteiger charge is 2.20. The van der Waals surface area contributed by atoms with Crippen molar-refractivity contribution in [2.45, 2.75) is 25.2 Å². The second-order valence-electron chi connectivity index (χ2n) is 5.51. The average Bonchev–Trinajstić information content (AvgIpc) is 2.30. The summed E-state index contributed by atoms with van der Waals surface area (Å²) in [4.78, 5) is 3.73. The van der Waals surface area contributed by atoms with Crippen molar-refractivity contribution < 1.29 is 4.39 Å². The zero-order valence-electron chi connectivity index (χ0n) is 11.2. The van der Waals surface area contributed by atoms with E-state index in [9.17, 15) is 4.39 Å². The van der Waals surface area contributed by atoms with Gasteiger partial charge in [0.25, 0.3) is 0 Å². The Bertz CT molecular complexity index is 355. The van der Waals surface area contributed by atoms with E-state index in [0.717, 1.165) is 29.0 Å². The summed E-state index contributed by atoms with van der Waals surface area (Å²) in [5.41, 5.74) is 0. The second-order valence-corrected chi connectivity index (χ2v) is 6.68. The molecule has 1 fully saturated rings. The van der Waals surface area contributed by atoms with Gasteiger partial charge in [-0.15, -0.1) is 11.8 Å². The number of halogens is 1. The van der Waals surface area contributed by atoms with E-state index in [1.54, 1.807) is 0 Å². The maximum absolute atomic E-state index is 12.8. The third kappa shape index (κ3) is 4.29. The Kier molecular flexibility index (Phi) is 5.07. The predicted molar refractivity (Wildman–Crippen MR) is 76.5 cm³/mol. The molecule has 0 spiro atoms. The van der Waals surface area contributed by atoms with Crippen molar-refractivity contribution in [2.24, 2.45) is 11.8 Å². The number of piperidine rings is 1. The van der Waals surface area contributed by atoms with Crippen molar-refractivity contribution in [1.82, 2.24) is 4.90 Å². The molecule has 2 rings (SSSR count). The van der Waals surface area contributed by atoms with E-state index in [1.165, 1.54) is 31.6 Å². The molecular weight excluding hydrogens is 245 g/mol. The third-order valence-corrected chi connectivity index (χ3v) is 4.43. The Morgan fingerprint density at radius 2 is 1.78 bits per heavy atom. The van der Waals surface area contributed by atoms with Crippen LogP contribution in [0, 0.1) is 17.7 Å². The van der Waals surface area contributed by atoms with Crippen LogP contribution in [0.3, 0.4) is 0 Å². The topological polar surface area (TPSA) is 3.24 Å². The zero-order valence-corrected chi connectivity index (χ0v) is 12.0. The molecule has 1 heterocycles. The number of hydrogen-bond donors (Lipinski definition) is 0. The fourth-order valence-electron chi connectivity index (χ4n) is 2.80. The van der Waals surface area contributed by atoms with E-state index in [1.807, 2.05) is 23.9 Å². The average molecular weight is 267 g/mol. The van der Waals surface area contributed by atoms with Crippen molar-refractivity contribution in [3.63, 3.8) is 0 Å². The van der Waals surface area contributed by atoms with Gasteiger partial charge in [0, 0.05) is 30.3 Å². The summed E-state index contributed by atoms with van der Waals surface area (Å²) in [7, 11) is 0. The van der Waals surface area contributed by atoms with Gasteiger partial charge in [0.05, 0.1) is 0 Å². The van der Waals surface area contributed by atoms with E-state index < -0.39 is 0 Å². The fourth-order valence-corrected chi connectivity index (χ4v) is 3.71. The quantitative estimate of drug-likeness (QED) is 0.761. The molecule has 0 aliphatic carbocycles. The Morgan fingerprint density at radius 1 is 1.17 bits per heavy atom. The zero-order chi connectivity index (χ0) is 13.0. The van der Waals surface area contributed by atoms with Gasteiger partial charge in [0.15, 0.2) is 0 Å². The van der Waals surface area contributed by atoms with Crippen LogP contribution in [0.15, 0.2) is 29.2 Å². The van der Waals surface area contributed by atoms with Crippen LogP contribution in [0.5, 0.6) is 0 Å².